The Hall–Kier alpha value is -2.25. The van der Waals surface area contributed by atoms with E-state index in [2.05, 4.69) is 5.32 Å². The molecule has 0 aliphatic heterocycles. The third-order valence-electron chi connectivity index (χ3n) is 4.50. The number of hydrogen-bond acceptors (Lipinski definition) is 3. The summed E-state index contributed by atoms with van der Waals surface area (Å²) in [6.07, 6.45) is -6.26. The smallest absolute Gasteiger partial charge is 0.418 e. The van der Waals surface area contributed by atoms with Crippen LogP contribution in [-0.2, 0) is 9.53 Å². The molecule has 0 spiro atoms. The Morgan fingerprint density at radius 2 is 1.83 bits per heavy atom. The highest BCUT2D eigenvalue weighted by atomic mass is 35.5. The van der Waals surface area contributed by atoms with E-state index in [1.807, 2.05) is 6.92 Å². The zero-order chi connectivity index (χ0) is 21.6. The van der Waals surface area contributed by atoms with Gasteiger partial charge in [-0.15, -0.1) is 0 Å². The summed E-state index contributed by atoms with van der Waals surface area (Å²) in [4.78, 5) is 11.1. The number of rotatable bonds is 9. The van der Waals surface area contributed by atoms with Gasteiger partial charge >= 0.3 is 12.1 Å². The molecular weight excluding hydrogens is 407 g/mol. The molecule has 4 nitrogen and oxygen atoms in total. The van der Waals surface area contributed by atoms with Crippen LogP contribution in [0.3, 0.4) is 0 Å². The van der Waals surface area contributed by atoms with E-state index in [4.69, 9.17) is 21.4 Å². The van der Waals surface area contributed by atoms with Crippen LogP contribution in [0.15, 0.2) is 42.5 Å². The Bertz CT molecular complexity index is 825. The minimum Gasteiger partial charge on any atom is -0.481 e. The van der Waals surface area contributed by atoms with Crippen molar-refractivity contribution < 1.29 is 27.8 Å². The lowest BCUT2D eigenvalue weighted by molar-refractivity contribution is -0.222. The first-order valence-electron chi connectivity index (χ1n) is 9.22. The molecule has 0 bridgehead atoms. The van der Waals surface area contributed by atoms with Crippen LogP contribution in [0.25, 0.3) is 0 Å². The van der Waals surface area contributed by atoms with Crippen molar-refractivity contribution >= 4 is 28.9 Å². The number of alkyl halides is 3. The van der Waals surface area contributed by atoms with E-state index in [0.717, 1.165) is 0 Å². The quantitative estimate of drug-likeness (QED) is 0.466. The fraction of sp³-hybridized carbons (Fsp3) is 0.381. The number of carboxylic acids is 1. The van der Waals surface area contributed by atoms with E-state index in [0.29, 0.717) is 22.7 Å². The van der Waals surface area contributed by atoms with Crippen LogP contribution in [0.5, 0.6) is 0 Å². The van der Waals surface area contributed by atoms with E-state index in [-0.39, 0.29) is 30.2 Å². The van der Waals surface area contributed by atoms with Crippen LogP contribution < -0.4 is 5.32 Å². The van der Waals surface area contributed by atoms with Crippen LogP contribution in [0.2, 0.25) is 5.02 Å². The van der Waals surface area contributed by atoms with Crippen LogP contribution in [0.1, 0.15) is 49.8 Å². The number of aliphatic carboxylic acids is 1. The molecule has 2 N–H and O–H groups in total. The van der Waals surface area contributed by atoms with Gasteiger partial charge in [0.05, 0.1) is 6.42 Å². The second-order valence-corrected chi connectivity index (χ2v) is 7.00. The van der Waals surface area contributed by atoms with Gasteiger partial charge in [0.15, 0.2) is 6.10 Å². The topological polar surface area (TPSA) is 58.6 Å². The molecule has 0 radical (unpaired) electrons. The second kappa shape index (κ2) is 9.98. The molecule has 2 atom stereocenters. The Morgan fingerprint density at radius 1 is 1.17 bits per heavy atom. The van der Waals surface area contributed by atoms with Crippen LogP contribution in [0, 0.1) is 0 Å². The largest absolute Gasteiger partial charge is 0.481 e. The highest BCUT2D eigenvalue weighted by Gasteiger charge is 2.43. The Balaban J connectivity index is 2.53. The number of halogens is 4. The lowest BCUT2D eigenvalue weighted by Gasteiger charge is -2.25. The Kier molecular flexibility index (Phi) is 7.93. The fourth-order valence-corrected chi connectivity index (χ4v) is 3.22. The summed E-state index contributed by atoms with van der Waals surface area (Å²) in [7, 11) is 0. The van der Waals surface area contributed by atoms with Crippen molar-refractivity contribution in [2.75, 3.05) is 11.9 Å². The molecule has 0 saturated heterocycles. The van der Waals surface area contributed by atoms with E-state index in [1.54, 1.807) is 30.3 Å². The SMILES string of the molecule is CCO[C@@H](c1ccc([C@@H](CC)CC(=O)O)cc1Nc1ccc(Cl)cc1)C(F)(F)F. The summed E-state index contributed by atoms with van der Waals surface area (Å²) in [5, 5.41) is 12.6. The van der Waals surface area contributed by atoms with Gasteiger partial charge in [0.2, 0.25) is 0 Å². The number of carbonyl (C=O) groups is 1. The van der Waals surface area contributed by atoms with Crippen LogP contribution in [-0.4, -0.2) is 23.9 Å². The van der Waals surface area contributed by atoms with E-state index >= 15 is 0 Å². The van der Waals surface area contributed by atoms with Gasteiger partial charge in [0.25, 0.3) is 0 Å². The molecular formula is C21H23ClF3NO3. The first-order valence-corrected chi connectivity index (χ1v) is 9.60. The first kappa shape index (κ1) is 23.0. The molecule has 0 amide bonds. The fourth-order valence-electron chi connectivity index (χ4n) is 3.09. The summed E-state index contributed by atoms with van der Waals surface area (Å²) in [5.74, 6) is -1.28. The van der Waals surface area contributed by atoms with Gasteiger partial charge in [-0.05, 0) is 55.2 Å². The lowest BCUT2D eigenvalue weighted by Crippen LogP contribution is -2.24. The number of ether oxygens (including phenoxy) is 1. The molecule has 8 heteroatoms. The van der Waals surface area contributed by atoms with Gasteiger partial charge in [-0.1, -0.05) is 30.7 Å². The molecule has 2 aromatic carbocycles. The normalized spacial score (nSPS) is 13.7. The summed E-state index contributed by atoms with van der Waals surface area (Å²) in [5.41, 5.74) is 1.34. The second-order valence-electron chi connectivity index (χ2n) is 6.56. The molecule has 0 aliphatic rings. The molecule has 0 saturated carbocycles. The van der Waals surface area contributed by atoms with Gasteiger partial charge in [0, 0.05) is 28.6 Å². The summed E-state index contributed by atoms with van der Waals surface area (Å²) in [6.45, 7) is 3.23. The van der Waals surface area contributed by atoms with Crippen LogP contribution in [0.4, 0.5) is 24.5 Å². The minimum atomic E-state index is -4.60. The van der Waals surface area contributed by atoms with Gasteiger partial charge in [-0.3, -0.25) is 4.79 Å². The zero-order valence-electron chi connectivity index (χ0n) is 16.1. The molecule has 0 heterocycles. The molecule has 0 aliphatic carbocycles. The average Bonchev–Trinajstić information content (AvgIpc) is 2.65. The van der Waals surface area contributed by atoms with Gasteiger partial charge < -0.3 is 15.2 Å². The number of benzene rings is 2. The van der Waals surface area contributed by atoms with Gasteiger partial charge in [-0.25, -0.2) is 0 Å². The molecule has 2 aromatic rings. The third kappa shape index (κ3) is 6.37. The van der Waals surface area contributed by atoms with Crippen molar-refractivity contribution in [3.63, 3.8) is 0 Å². The maximum Gasteiger partial charge on any atom is 0.418 e. The molecule has 2 rings (SSSR count). The number of hydrogen-bond donors (Lipinski definition) is 2. The van der Waals surface area contributed by atoms with Crippen molar-refractivity contribution in [1.82, 2.24) is 0 Å². The van der Waals surface area contributed by atoms with Crippen LogP contribution >= 0.6 is 11.6 Å². The average molecular weight is 430 g/mol. The van der Waals surface area contributed by atoms with Crippen molar-refractivity contribution in [1.29, 1.82) is 0 Å². The van der Waals surface area contributed by atoms with Crippen molar-refractivity contribution in [2.45, 2.75) is 44.9 Å². The molecule has 0 aromatic heterocycles. The third-order valence-corrected chi connectivity index (χ3v) is 4.75. The zero-order valence-corrected chi connectivity index (χ0v) is 16.8. The molecule has 0 unspecified atom stereocenters. The molecule has 0 fully saturated rings. The maximum absolute atomic E-state index is 13.6. The number of nitrogens with one attached hydrogen (secondary N) is 1. The standard InChI is InChI=1S/C21H23ClF3NO3/c1-3-13(12-19(27)28)14-5-10-17(20(29-4-2)21(23,24)25)18(11-14)26-16-8-6-15(22)7-9-16/h5-11,13,20,26H,3-4,12H2,1-2H3,(H,27,28)/t13-,20-/m0/s1. The van der Waals surface area contributed by atoms with E-state index in [9.17, 15) is 18.0 Å². The highest BCUT2D eigenvalue weighted by molar-refractivity contribution is 6.30. The van der Waals surface area contributed by atoms with Gasteiger partial charge in [0.1, 0.15) is 0 Å². The van der Waals surface area contributed by atoms with E-state index in [1.165, 1.54) is 19.1 Å². The Morgan fingerprint density at radius 3 is 2.34 bits per heavy atom. The number of anilines is 2. The lowest BCUT2D eigenvalue weighted by atomic mass is 9.91. The minimum absolute atomic E-state index is 0.0665. The predicted octanol–water partition coefficient (Wildman–Crippen LogP) is 6.69. The van der Waals surface area contributed by atoms with Crippen molar-refractivity contribution in [3.8, 4) is 0 Å². The van der Waals surface area contributed by atoms with E-state index < -0.39 is 18.2 Å². The van der Waals surface area contributed by atoms with Gasteiger partial charge in [-0.2, -0.15) is 13.2 Å². The molecule has 29 heavy (non-hydrogen) atoms. The Labute approximate surface area is 172 Å². The maximum atomic E-state index is 13.6. The first-order chi connectivity index (χ1) is 13.7. The van der Waals surface area contributed by atoms with Crippen molar-refractivity contribution in [2.24, 2.45) is 0 Å². The summed E-state index contributed by atoms with van der Waals surface area (Å²) in [6, 6.07) is 11.0. The molecule has 158 valence electrons. The predicted molar refractivity (Wildman–Crippen MR) is 107 cm³/mol. The monoisotopic (exact) mass is 429 g/mol. The highest BCUT2D eigenvalue weighted by Crippen LogP contribution is 2.41. The number of carboxylic acid groups (broad SMARTS) is 1. The summed E-state index contributed by atoms with van der Waals surface area (Å²) >= 11 is 5.88. The van der Waals surface area contributed by atoms with Crippen molar-refractivity contribution in [3.05, 3.63) is 58.6 Å². The summed E-state index contributed by atoms with van der Waals surface area (Å²) < 4.78 is 45.8.